The van der Waals surface area contributed by atoms with Gasteiger partial charge in [-0.3, -0.25) is 19.2 Å². The van der Waals surface area contributed by atoms with Crippen LogP contribution in [0.1, 0.15) is 67.9 Å². The van der Waals surface area contributed by atoms with Crippen LogP contribution in [0.4, 0.5) is 0 Å². The summed E-state index contributed by atoms with van der Waals surface area (Å²) < 4.78 is 1.99. The lowest BCUT2D eigenvalue weighted by atomic mass is 9.85. The molecule has 0 aromatic carbocycles. The number of amides is 1. The van der Waals surface area contributed by atoms with Crippen LogP contribution < -0.4 is 5.32 Å². The van der Waals surface area contributed by atoms with E-state index in [1.165, 1.54) is 0 Å². The van der Waals surface area contributed by atoms with Gasteiger partial charge in [-0.05, 0) is 38.6 Å². The van der Waals surface area contributed by atoms with Crippen LogP contribution in [0.25, 0.3) is 0 Å². The van der Waals surface area contributed by atoms with Gasteiger partial charge in [0.2, 0.25) is 0 Å². The molecule has 138 valence electrons. The fourth-order valence-corrected chi connectivity index (χ4v) is 3.69. The molecule has 2 fully saturated rings. The van der Waals surface area contributed by atoms with E-state index in [2.05, 4.69) is 17.3 Å². The highest BCUT2D eigenvalue weighted by atomic mass is 16.4. The summed E-state index contributed by atoms with van der Waals surface area (Å²) in [5.41, 5.74) is 1.81. The van der Waals surface area contributed by atoms with Crippen molar-refractivity contribution in [1.82, 2.24) is 20.0 Å². The third-order valence-electron chi connectivity index (χ3n) is 5.23. The van der Waals surface area contributed by atoms with Crippen molar-refractivity contribution in [3.63, 3.8) is 0 Å². The fourth-order valence-electron chi connectivity index (χ4n) is 3.69. The first-order chi connectivity index (χ1) is 12.0. The molecule has 1 heterocycles. The molecule has 2 saturated carbocycles. The van der Waals surface area contributed by atoms with Crippen LogP contribution in [0.2, 0.25) is 0 Å². The Labute approximate surface area is 148 Å². The monoisotopic (exact) mass is 348 g/mol. The van der Waals surface area contributed by atoms with Crippen LogP contribution in [-0.4, -0.2) is 56.8 Å². The maximum atomic E-state index is 12.7. The van der Waals surface area contributed by atoms with Crippen LogP contribution in [-0.2, 0) is 11.3 Å². The molecule has 0 radical (unpaired) electrons. The minimum Gasteiger partial charge on any atom is -0.480 e. The summed E-state index contributed by atoms with van der Waals surface area (Å²) in [4.78, 5) is 25.5. The fraction of sp³-hybridized carbons (Fsp3) is 0.722. The number of nitrogens with zero attached hydrogens (tertiary/aromatic N) is 3. The van der Waals surface area contributed by atoms with Crippen molar-refractivity contribution in [2.24, 2.45) is 0 Å². The molecule has 0 atom stereocenters. The normalized spacial score (nSPS) is 22.7. The molecule has 0 saturated heterocycles. The number of likely N-dealkylation sites (N-methyl/N-ethyl adjacent to an activating group) is 1. The number of hydrogen-bond acceptors (Lipinski definition) is 4. The van der Waals surface area contributed by atoms with Crippen LogP contribution >= 0.6 is 0 Å². The molecule has 25 heavy (non-hydrogen) atoms. The quantitative estimate of drug-likeness (QED) is 0.711. The first-order valence-electron chi connectivity index (χ1n) is 9.35. The van der Waals surface area contributed by atoms with Crippen molar-refractivity contribution in [3.8, 4) is 0 Å². The van der Waals surface area contributed by atoms with Crippen LogP contribution in [0.3, 0.4) is 0 Å². The molecule has 2 aliphatic carbocycles. The topological polar surface area (TPSA) is 87.5 Å². The number of carboxylic acid groups (broad SMARTS) is 1. The second-order valence-electron chi connectivity index (χ2n) is 7.19. The Morgan fingerprint density at radius 2 is 2.08 bits per heavy atom. The van der Waals surface area contributed by atoms with E-state index < -0.39 is 5.97 Å². The maximum Gasteiger partial charge on any atom is 0.317 e. The van der Waals surface area contributed by atoms with E-state index >= 15 is 0 Å². The van der Waals surface area contributed by atoms with Crippen molar-refractivity contribution < 1.29 is 14.7 Å². The number of nitrogens with one attached hydrogen (secondary N) is 1. The lowest BCUT2D eigenvalue weighted by Gasteiger charge is -2.42. The van der Waals surface area contributed by atoms with Gasteiger partial charge >= 0.3 is 5.97 Å². The molecule has 0 aliphatic heterocycles. The summed E-state index contributed by atoms with van der Waals surface area (Å²) in [6.07, 6.45) is 6.62. The summed E-state index contributed by atoms with van der Waals surface area (Å²) in [6.45, 7) is 5.72. The van der Waals surface area contributed by atoms with Crippen molar-refractivity contribution in [1.29, 1.82) is 0 Å². The van der Waals surface area contributed by atoms with Gasteiger partial charge in [-0.25, -0.2) is 0 Å². The van der Waals surface area contributed by atoms with Crippen LogP contribution in [0.5, 0.6) is 0 Å². The summed E-state index contributed by atoms with van der Waals surface area (Å²) in [5, 5.41) is 16.5. The number of carboxylic acids is 1. The number of rotatable bonds is 9. The summed E-state index contributed by atoms with van der Waals surface area (Å²) in [6, 6.07) is 0.374. The largest absolute Gasteiger partial charge is 0.480 e. The van der Waals surface area contributed by atoms with Gasteiger partial charge in [0.05, 0.1) is 24.0 Å². The average molecular weight is 348 g/mol. The molecule has 3 rings (SSSR count). The lowest BCUT2D eigenvalue weighted by molar-refractivity contribution is -0.139. The smallest absolute Gasteiger partial charge is 0.317 e. The SMILES string of the molecule is CCCn1ncc(C(=O)NC2CC(N(CC)CC(=O)O)C2)c1C1CC1. The van der Waals surface area contributed by atoms with Crippen molar-refractivity contribution in [2.45, 2.75) is 70.5 Å². The van der Waals surface area contributed by atoms with E-state index in [-0.39, 0.29) is 24.5 Å². The molecule has 7 nitrogen and oxygen atoms in total. The van der Waals surface area contributed by atoms with Crippen molar-refractivity contribution in [2.75, 3.05) is 13.1 Å². The van der Waals surface area contributed by atoms with Gasteiger partial charge < -0.3 is 10.4 Å². The zero-order valence-corrected chi connectivity index (χ0v) is 15.1. The Hall–Kier alpha value is -1.89. The summed E-state index contributed by atoms with van der Waals surface area (Å²) in [7, 11) is 0. The number of carbonyl (C=O) groups is 2. The van der Waals surface area contributed by atoms with E-state index in [0.717, 1.165) is 49.9 Å². The first kappa shape index (κ1) is 17.9. The average Bonchev–Trinajstić information content (AvgIpc) is 3.29. The van der Waals surface area contributed by atoms with Crippen molar-refractivity contribution in [3.05, 3.63) is 17.5 Å². The molecule has 1 aromatic heterocycles. The molecule has 2 aliphatic rings. The van der Waals surface area contributed by atoms with Gasteiger partial charge in [0, 0.05) is 24.5 Å². The Bertz CT molecular complexity index is 632. The number of aromatic nitrogens is 2. The Morgan fingerprint density at radius 1 is 1.36 bits per heavy atom. The Morgan fingerprint density at radius 3 is 2.64 bits per heavy atom. The third kappa shape index (κ3) is 4.03. The van der Waals surface area contributed by atoms with Gasteiger partial charge in [0.25, 0.3) is 5.91 Å². The molecule has 1 amide bonds. The van der Waals surface area contributed by atoms with Gasteiger partial charge in [0.1, 0.15) is 0 Å². The van der Waals surface area contributed by atoms with E-state index in [9.17, 15) is 9.59 Å². The Kier molecular flexibility index (Phi) is 5.42. The van der Waals surface area contributed by atoms with Gasteiger partial charge in [-0.2, -0.15) is 5.10 Å². The Balaban J connectivity index is 1.57. The predicted octanol–water partition coefficient (Wildman–Crippen LogP) is 1.84. The molecule has 2 N–H and O–H groups in total. The number of carbonyl (C=O) groups excluding carboxylic acids is 1. The molecular weight excluding hydrogens is 320 g/mol. The van der Waals surface area contributed by atoms with Gasteiger partial charge in [-0.1, -0.05) is 13.8 Å². The summed E-state index contributed by atoms with van der Waals surface area (Å²) >= 11 is 0. The van der Waals surface area contributed by atoms with E-state index in [0.29, 0.717) is 12.5 Å². The minimum atomic E-state index is -0.799. The highest BCUT2D eigenvalue weighted by Gasteiger charge is 2.37. The van der Waals surface area contributed by atoms with Crippen molar-refractivity contribution >= 4 is 11.9 Å². The van der Waals surface area contributed by atoms with E-state index in [1.54, 1.807) is 6.20 Å². The molecule has 7 heteroatoms. The lowest BCUT2D eigenvalue weighted by Crippen LogP contribution is -2.54. The van der Waals surface area contributed by atoms with Gasteiger partial charge in [-0.15, -0.1) is 0 Å². The zero-order chi connectivity index (χ0) is 18.0. The van der Waals surface area contributed by atoms with Crippen LogP contribution in [0.15, 0.2) is 6.20 Å². The minimum absolute atomic E-state index is 0.0333. The standard InChI is InChI=1S/C18H28N4O3/c1-3-7-22-17(12-5-6-12)15(10-19-22)18(25)20-13-8-14(9-13)21(4-2)11-16(23)24/h10,12-14H,3-9,11H2,1-2H3,(H,20,25)(H,23,24). The van der Waals surface area contributed by atoms with E-state index in [4.69, 9.17) is 5.11 Å². The highest BCUT2D eigenvalue weighted by molar-refractivity contribution is 5.95. The molecule has 1 aromatic rings. The second kappa shape index (κ2) is 7.56. The number of aliphatic carboxylic acids is 1. The predicted molar refractivity (Wildman–Crippen MR) is 93.7 cm³/mol. The first-order valence-corrected chi connectivity index (χ1v) is 9.35. The number of aryl methyl sites for hydroxylation is 1. The van der Waals surface area contributed by atoms with Gasteiger partial charge in [0.15, 0.2) is 0 Å². The summed E-state index contributed by atoms with van der Waals surface area (Å²) in [5.74, 6) is -0.351. The third-order valence-corrected chi connectivity index (χ3v) is 5.23. The van der Waals surface area contributed by atoms with E-state index in [1.807, 2.05) is 16.5 Å². The van der Waals surface area contributed by atoms with Crippen LogP contribution in [0, 0.1) is 0 Å². The maximum absolute atomic E-state index is 12.7. The zero-order valence-electron chi connectivity index (χ0n) is 15.1. The number of hydrogen-bond donors (Lipinski definition) is 2. The molecular formula is C18H28N4O3. The second-order valence-corrected chi connectivity index (χ2v) is 7.19. The molecule has 0 unspecified atom stereocenters. The highest BCUT2D eigenvalue weighted by Crippen LogP contribution is 2.41. The molecule has 0 spiro atoms. The molecule has 0 bridgehead atoms.